The molecule has 0 heterocycles. The van der Waals surface area contributed by atoms with Crippen LogP contribution in [0, 0.1) is 5.92 Å². The fourth-order valence-electron chi connectivity index (χ4n) is 1.85. The van der Waals surface area contributed by atoms with E-state index in [2.05, 4.69) is 6.92 Å². The van der Waals surface area contributed by atoms with E-state index in [9.17, 15) is 9.59 Å². The van der Waals surface area contributed by atoms with Gasteiger partial charge < -0.3 is 4.74 Å². The zero-order valence-electron chi connectivity index (χ0n) is 11.5. The molecule has 0 aromatic rings. The van der Waals surface area contributed by atoms with E-state index in [4.69, 9.17) is 4.74 Å². The van der Waals surface area contributed by atoms with Gasteiger partial charge in [-0.3, -0.25) is 9.59 Å². The highest BCUT2D eigenvalue weighted by Crippen LogP contribution is 2.13. The van der Waals surface area contributed by atoms with Crippen molar-refractivity contribution in [1.82, 2.24) is 0 Å². The lowest BCUT2D eigenvalue weighted by Crippen LogP contribution is -2.25. The van der Waals surface area contributed by atoms with Gasteiger partial charge in [-0.2, -0.15) is 0 Å². The fourth-order valence-corrected chi connectivity index (χ4v) is 1.85. The number of hydrogen-bond acceptors (Lipinski definition) is 3. The summed E-state index contributed by atoms with van der Waals surface area (Å²) in [6.07, 6.45) is 6.65. The molecule has 3 nitrogen and oxygen atoms in total. The minimum absolute atomic E-state index is 0.0439. The topological polar surface area (TPSA) is 43.4 Å². The largest absolute Gasteiger partial charge is 0.465 e. The van der Waals surface area contributed by atoms with Crippen molar-refractivity contribution >= 4 is 11.8 Å². The summed E-state index contributed by atoms with van der Waals surface area (Å²) in [5.74, 6) is -0.850. The summed E-state index contributed by atoms with van der Waals surface area (Å²) < 4.78 is 4.90. The molecule has 100 valence electrons. The third-order valence-corrected chi connectivity index (χ3v) is 2.89. The van der Waals surface area contributed by atoms with Crippen LogP contribution >= 0.6 is 0 Å². The maximum absolute atomic E-state index is 11.8. The molecule has 0 aliphatic carbocycles. The van der Waals surface area contributed by atoms with Crippen LogP contribution in [0.4, 0.5) is 0 Å². The average molecular weight is 242 g/mol. The number of carbonyl (C=O) groups excluding carboxylic acids is 2. The van der Waals surface area contributed by atoms with E-state index in [1.54, 1.807) is 6.92 Å². The Morgan fingerprint density at radius 1 is 1.00 bits per heavy atom. The number of hydrogen-bond donors (Lipinski definition) is 0. The summed E-state index contributed by atoms with van der Waals surface area (Å²) in [4.78, 5) is 23.3. The van der Waals surface area contributed by atoms with Crippen molar-refractivity contribution in [2.24, 2.45) is 5.92 Å². The van der Waals surface area contributed by atoms with Crippen molar-refractivity contribution in [3.8, 4) is 0 Å². The first-order chi connectivity index (χ1) is 8.17. The second-order valence-electron chi connectivity index (χ2n) is 4.34. The van der Waals surface area contributed by atoms with Crippen LogP contribution in [0.25, 0.3) is 0 Å². The Balaban J connectivity index is 3.88. The molecule has 1 unspecified atom stereocenters. The summed E-state index contributed by atoms with van der Waals surface area (Å²) in [5, 5.41) is 0. The van der Waals surface area contributed by atoms with E-state index < -0.39 is 5.92 Å². The molecule has 0 aliphatic heterocycles. The lowest BCUT2D eigenvalue weighted by molar-refractivity contribution is -0.151. The van der Waals surface area contributed by atoms with Crippen LogP contribution in [0.5, 0.6) is 0 Å². The Hall–Kier alpha value is -0.860. The Labute approximate surface area is 105 Å². The van der Waals surface area contributed by atoms with Gasteiger partial charge in [0, 0.05) is 6.42 Å². The van der Waals surface area contributed by atoms with Crippen molar-refractivity contribution < 1.29 is 14.3 Å². The van der Waals surface area contributed by atoms with Crippen molar-refractivity contribution in [2.45, 2.75) is 65.7 Å². The van der Waals surface area contributed by atoms with Gasteiger partial charge in [-0.25, -0.2) is 0 Å². The second-order valence-corrected chi connectivity index (χ2v) is 4.34. The summed E-state index contributed by atoms with van der Waals surface area (Å²) in [7, 11) is 0. The maximum atomic E-state index is 11.8. The average Bonchev–Trinajstić information content (AvgIpc) is 2.30. The van der Waals surface area contributed by atoms with Gasteiger partial charge >= 0.3 is 5.97 Å². The van der Waals surface area contributed by atoms with Crippen LogP contribution in [-0.2, 0) is 14.3 Å². The van der Waals surface area contributed by atoms with Gasteiger partial charge in [-0.15, -0.1) is 0 Å². The van der Waals surface area contributed by atoms with Crippen molar-refractivity contribution in [3.63, 3.8) is 0 Å². The highest BCUT2D eigenvalue weighted by molar-refractivity contribution is 5.98. The van der Waals surface area contributed by atoms with Crippen molar-refractivity contribution in [1.29, 1.82) is 0 Å². The molecule has 3 heteroatoms. The summed E-state index contributed by atoms with van der Waals surface area (Å²) in [5.41, 5.74) is 0. The van der Waals surface area contributed by atoms with Gasteiger partial charge in [0.05, 0.1) is 6.61 Å². The van der Waals surface area contributed by atoms with Gasteiger partial charge in [0.15, 0.2) is 0 Å². The number of ketones is 1. The molecule has 0 saturated heterocycles. The van der Waals surface area contributed by atoms with Crippen molar-refractivity contribution in [3.05, 3.63) is 0 Å². The molecule has 0 fully saturated rings. The number of carbonyl (C=O) groups is 2. The van der Waals surface area contributed by atoms with Crippen LogP contribution in [0.2, 0.25) is 0 Å². The first kappa shape index (κ1) is 16.1. The Morgan fingerprint density at radius 2 is 1.65 bits per heavy atom. The van der Waals surface area contributed by atoms with Gasteiger partial charge in [0.1, 0.15) is 11.7 Å². The molecule has 0 radical (unpaired) electrons. The predicted octanol–water partition coefficient (Wildman–Crippen LogP) is 3.51. The van der Waals surface area contributed by atoms with E-state index in [0.29, 0.717) is 19.4 Å². The first-order valence-electron chi connectivity index (χ1n) is 6.86. The van der Waals surface area contributed by atoms with Gasteiger partial charge in [0.25, 0.3) is 0 Å². The number of unbranched alkanes of at least 4 members (excludes halogenated alkanes) is 4. The summed E-state index contributed by atoms with van der Waals surface area (Å²) in [6.45, 7) is 6.13. The smallest absolute Gasteiger partial charge is 0.316 e. The summed E-state index contributed by atoms with van der Waals surface area (Å²) >= 11 is 0. The second kappa shape index (κ2) is 10.3. The number of ether oxygens (including phenoxy) is 1. The van der Waals surface area contributed by atoms with Crippen molar-refractivity contribution in [2.75, 3.05) is 6.61 Å². The molecule has 17 heavy (non-hydrogen) atoms. The molecule has 1 atom stereocenters. The van der Waals surface area contributed by atoms with E-state index in [1.165, 1.54) is 19.3 Å². The van der Waals surface area contributed by atoms with Crippen LogP contribution in [-0.4, -0.2) is 18.4 Å². The maximum Gasteiger partial charge on any atom is 0.316 e. The SMILES string of the molecule is CCCCCCCC(=O)C(CC)C(=O)OCC. The molecule has 0 bridgehead atoms. The Kier molecular flexibility index (Phi) is 9.78. The van der Waals surface area contributed by atoms with E-state index in [-0.39, 0.29) is 11.8 Å². The molecule has 0 N–H and O–H groups in total. The fraction of sp³-hybridized carbons (Fsp3) is 0.857. The van der Waals surface area contributed by atoms with Gasteiger partial charge in [-0.05, 0) is 19.8 Å². The zero-order valence-corrected chi connectivity index (χ0v) is 11.5. The molecule has 0 saturated carbocycles. The summed E-state index contributed by atoms with van der Waals surface area (Å²) in [6, 6.07) is 0. The number of esters is 1. The van der Waals surface area contributed by atoms with Gasteiger partial charge in [-0.1, -0.05) is 39.5 Å². The quantitative estimate of drug-likeness (QED) is 0.334. The van der Waals surface area contributed by atoms with Crippen LogP contribution in [0.15, 0.2) is 0 Å². The number of rotatable bonds is 10. The third kappa shape index (κ3) is 7.14. The molecule has 0 spiro atoms. The predicted molar refractivity (Wildman–Crippen MR) is 68.8 cm³/mol. The molecule has 0 aliphatic rings. The lowest BCUT2D eigenvalue weighted by Gasteiger charge is -2.12. The number of Topliss-reactive ketones (excluding diaryl/α,β-unsaturated/α-hetero) is 1. The van der Waals surface area contributed by atoms with E-state index >= 15 is 0 Å². The molecule has 0 amide bonds. The minimum Gasteiger partial charge on any atom is -0.465 e. The third-order valence-electron chi connectivity index (χ3n) is 2.89. The molecule has 0 rings (SSSR count). The normalized spacial score (nSPS) is 12.2. The molecule has 0 aromatic heterocycles. The van der Waals surface area contributed by atoms with Crippen LogP contribution in [0.1, 0.15) is 65.7 Å². The Bertz CT molecular complexity index is 224. The van der Waals surface area contributed by atoms with Crippen LogP contribution in [0.3, 0.4) is 0 Å². The monoisotopic (exact) mass is 242 g/mol. The highest BCUT2D eigenvalue weighted by atomic mass is 16.5. The lowest BCUT2D eigenvalue weighted by atomic mass is 9.96. The van der Waals surface area contributed by atoms with Gasteiger partial charge in [0.2, 0.25) is 0 Å². The standard InChI is InChI=1S/C14H26O3/c1-4-7-8-9-10-11-13(15)12(5-2)14(16)17-6-3/h12H,4-11H2,1-3H3. The Morgan fingerprint density at radius 3 is 2.18 bits per heavy atom. The molecular formula is C14H26O3. The van der Waals surface area contributed by atoms with Crippen LogP contribution < -0.4 is 0 Å². The van der Waals surface area contributed by atoms with E-state index in [0.717, 1.165) is 12.8 Å². The highest BCUT2D eigenvalue weighted by Gasteiger charge is 2.24. The van der Waals surface area contributed by atoms with E-state index in [1.807, 2.05) is 6.92 Å². The zero-order chi connectivity index (χ0) is 13.1. The minimum atomic E-state index is -0.541. The molecule has 0 aromatic carbocycles. The molecular weight excluding hydrogens is 216 g/mol. The first-order valence-corrected chi connectivity index (χ1v) is 6.86.